The first kappa shape index (κ1) is 16.8. The van der Waals surface area contributed by atoms with Crippen molar-refractivity contribution in [2.75, 3.05) is 20.3 Å². The lowest BCUT2D eigenvalue weighted by molar-refractivity contribution is 0.127. The molecule has 21 heavy (non-hydrogen) atoms. The minimum absolute atomic E-state index is 0.352. The van der Waals surface area contributed by atoms with E-state index in [4.69, 9.17) is 9.47 Å². The number of hydrogen-bond acceptors (Lipinski definition) is 3. The van der Waals surface area contributed by atoms with Crippen molar-refractivity contribution in [2.24, 2.45) is 5.92 Å². The van der Waals surface area contributed by atoms with Crippen LogP contribution in [0.25, 0.3) is 0 Å². The number of benzene rings is 1. The van der Waals surface area contributed by atoms with Crippen LogP contribution in [0.1, 0.15) is 38.2 Å². The Kier molecular flexibility index (Phi) is 7.00. The van der Waals surface area contributed by atoms with Gasteiger partial charge in [0, 0.05) is 25.8 Å². The highest BCUT2D eigenvalue weighted by Gasteiger charge is 2.22. The van der Waals surface area contributed by atoms with Crippen molar-refractivity contribution in [3.63, 3.8) is 0 Å². The molecule has 2 rings (SSSR count). The molecular weight excluding hydrogens is 330 g/mol. The van der Waals surface area contributed by atoms with Crippen LogP contribution in [-0.2, 0) is 11.3 Å². The van der Waals surface area contributed by atoms with E-state index in [0.717, 1.165) is 42.3 Å². The zero-order valence-electron chi connectivity index (χ0n) is 13.0. The quantitative estimate of drug-likeness (QED) is 0.745. The summed E-state index contributed by atoms with van der Waals surface area (Å²) in [6.45, 7) is 4.70. The van der Waals surface area contributed by atoms with Crippen LogP contribution in [0.4, 0.5) is 0 Å². The third kappa shape index (κ3) is 5.28. The molecule has 1 N–H and O–H groups in total. The van der Waals surface area contributed by atoms with Gasteiger partial charge in [-0.15, -0.1) is 0 Å². The maximum Gasteiger partial charge on any atom is 0.138 e. The third-order valence-corrected chi connectivity index (χ3v) is 4.64. The lowest BCUT2D eigenvalue weighted by Gasteiger charge is -2.28. The van der Waals surface area contributed by atoms with Gasteiger partial charge in [0.2, 0.25) is 0 Å². The van der Waals surface area contributed by atoms with Crippen LogP contribution in [0, 0.1) is 5.92 Å². The van der Waals surface area contributed by atoms with Crippen LogP contribution in [-0.4, -0.2) is 26.4 Å². The van der Waals surface area contributed by atoms with Gasteiger partial charge in [0.25, 0.3) is 0 Å². The fourth-order valence-corrected chi connectivity index (χ4v) is 3.37. The van der Waals surface area contributed by atoms with Crippen molar-refractivity contribution in [1.29, 1.82) is 0 Å². The van der Waals surface area contributed by atoms with Gasteiger partial charge < -0.3 is 14.8 Å². The molecule has 4 heteroatoms. The van der Waals surface area contributed by atoms with E-state index in [2.05, 4.69) is 46.4 Å². The number of hydrogen-bond donors (Lipinski definition) is 1. The van der Waals surface area contributed by atoms with E-state index in [-0.39, 0.29) is 0 Å². The Morgan fingerprint density at radius 1 is 1.33 bits per heavy atom. The molecule has 2 unspecified atom stereocenters. The van der Waals surface area contributed by atoms with Crippen LogP contribution in [0.3, 0.4) is 0 Å². The van der Waals surface area contributed by atoms with Gasteiger partial charge in [0.05, 0.1) is 17.2 Å². The van der Waals surface area contributed by atoms with Gasteiger partial charge in [0.15, 0.2) is 0 Å². The third-order valence-electron chi connectivity index (χ3n) is 4.02. The molecule has 2 atom stereocenters. The smallest absolute Gasteiger partial charge is 0.138 e. The summed E-state index contributed by atoms with van der Waals surface area (Å²) in [4.78, 5) is 0. The predicted octanol–water partition coefficient (Wildman–Crippen LogP) is 4.14. The van der Waals surface area contributed by atoms with Gasteiger partial charge in [-0.1, -0.05) is 25.5 Å². The van der Waals surface area contributed by atoms with Crippen molar-refractivity contribution >= 4 is 15.9 Å². The molecule has 0 saturated heterocycles. The van der Waals surface area contributed by atoms with Gasteiger partial charge in [0.1, 0.15) is 5.75 Å². The largest absolute Gasteiger partial charge is 0.489 e. The second-order valence-corrected chi connectivity index (χ2v) is 6.76. The Hall–Kier alpha value is -0.580. The Morgan fingerprint density at radius 3 is 2.95 bits per heavy atom. The van der Waals surface area contributed by atoms with E-state index < -0.39 is 0 Å². The molecule has 1 aliphatic carbocycles. The van der Waals surface area contributed by atoms with Crippen LogP contribution in [0.2, 0.25) is 0 Å². The Morgan fingerprint density at radius 2 is 2.19 bits per heavy atom. The van der Waals surface area contributed by atoms with Crippen molar-refractivity contribution in [1.82, 2.24) is 5.32 Å². The summed E-state index contributed by atoms with van der Waals surface area (Å²) in [6, 6.07) is 6.25. The van der Waals surface area contributed by atoms with Crippen LogP contribution >= 0.6 is 15.9 Å². The van der Waals surface area contributed by atoms with Crippen molar-refractivity contribution in [3.8, 4) is 5.75 Å². The van der Waals surface area contributed by atoms with E-state index >= 15 is 0 Å². The highest BCUT2D eigenvalue weighted by molar-refractivity contribution is 9.10. The van der Waals surface area contributed by atoms with Gasteiger partial charge in [-0.25, -0.2) is 0 Å². The highest BCUT2D eigenvalue weighted by Crippen LogP contribution is 2.34. The molecule has 0 radical (unpaired) electrons. The van der Waals surface area contributed by atoms with Crippen molar-refractivity contribution in [3.05, 3.63) is 28.2 Å². The molecule has 1 aromatic rings. The minimum atomic E-state index is 0.352. The number of rotatable bonds is 7. The average molecular weight is 356 g/mol. The number of halogens is 1. The van der Waals surface area contributed by atoms with E-state index in [1.165, 1.54) is 24.8 Å². The van der Waals surface area contributed by atoms with Gasteiger partial charge in [-0.3, -0.25) is 0 Å². The molecule has 1 aromatic carbocycles. The van der Waals surface area contributed by atoms with Gasteiger partial charge in [-0.05, 0) is 47.2 Å². The molecule has 0 bridgehead atoms. The van der Waals surface area contributed by atoms with Crippen molar-refractivity contribution < 1.29 is 9.47 Å². The van der Waals surface area contributed by atoms with Gasteiger partial charge >= 0.3 is 0 Å². The second kappa shape index (κ2) is 8.76. The summed E-state index contributed by atoms with van der Waals surface area (Å²) in [5.41, 5.74) is 1.21. The number of nitrogens with one attached hydrogen (secondary N) is 1. The van der Waals surface area contributed by atoms with Crippen molar-refractivity contribution in [2.45, 2.75) is 45.3 Å². The minimum Gasteiger partial charge on any atom is -0.489 e. The van der Waals surface area contributed by atoms with Crippen LogP contribution in [0.15, 0.2) is 22.7 Å². The maximum absolute atomic E-state index is 6.33. The molecular formula is C17H26BrNO2. The molecule has 0 spiro atoms. The van der Waals surface area contributed by atoms with E-state index in [9.17, 15) is 0 Å². The zero-order valence-corrected chi connectivity index (χ0v) is 14.6. The number of ether oxygens (including phenoxy) is 2. The summed E-state index contributed by atoms with van der Waals surface area (Å²) in [6.07, 6.45) is 5.30. The van der Waals surface area contributed by atoms with E-state index in [0.29, 0.717) is 6.10 Å². The van der Waals surface area contributed by atoms with E-state index in [1.54, 1.807) is 7.11 Å². The summed E-state index contributed by atoms with van der Waals surface area (Å²) in [7, 11) is 1.72. The number of para-hydroxylation sites is 1. The summed E-state index contributed by atoms with van der Waals surface area (Å²) in [5, 5.41) is 3.39. The standard InChI is InChI=1S/C17H26BrNO2/c1-13-5-3-7-15(11-13)21-17-14(6-4-8-16(17)18)12-19-9-10-20-2/h4,6,8,13,15,19H,3,5,7,9-12H2,1-2H3. The Labute approximate surface area is 136 Å². The fourth-order valence-electron chi connectivity index (χ4n) is 2.87. The molecule has 0 aliphatic heterocycles. The summed E-state index contributed by atoms with van der Waals surface area (Å²) < 4.78 is 12.4. The second-order valence-electron chi connectivity index (χ2n) is 5.91. The zero-order chi connectivity index (χ0) is 15.1. The molecule has 1 aliphatic rings. The first-order chi connectivity index (χ1) is 10.2. The predicted molar refractivity (Wildman–Crippen MR) is 89.8 cm³/mol. The van der Waals surface area contributed by atoms with Gasteiger partial charge in [-0.2, -0.15) is 0 Å². The lowest BCUT2D eigenvalue weighted by Crippen LogP contribution is -2.25. The number of methoxy groups -OCH3 is 1. The molecule has 3 nitrogen and oxygen atoms in total. The highest BCUT2D eigenvalue weighted by atomic mass is 79.9. The molecule has 1 fully saturated rings. The molecule has 1 saturated carbocycles. The normalized spacial score (nSPS) is 22.2. The first-order valence-corrected chi connectivity index (χ1v) is 8.63. The first-order valence-electron chi connectivity index (χ1n) is 7.84. The summed E-state index contributed by atoms with van der Waals surface area (Å²) >= 11 is 3.63. The summed E-state index contributed by atoms with van der Waals surface area (Å²) in [5.74, 6) is 1.77. The topological polar surface area (TPSA) is 30.5 Å². The lowest BCUT2D eigenvalue weighted by atomic mass is 9.88. The monoisotopic (exact) mass is 355 g/mol. The molecule has 118 valence electrons. The van der Waals surface area contributed by atoms with Crippen LogP contribution < -0.4 is 10.1 Å². The fraction of sp³-hybridized carbons (Fsp3) is 0.647. The average Bonchev–Trinajstić information content (AvgIpc) is 2.47. The Balaban J connectivity index is 1.99. The molecule has 0 heterocycles. The SMILES string of the molecule is COCCNCc1cccc(Br)c1OC1CCCC(C)C1. The Bertz CT molecular complexity index is 439. The molecule has 0 amide bonds. The van der Waals surface area contributed by atoms with Crippen LogP contribution in [0.5, 0.6) is 5.75 Å². The maximum atomic E-state index is 6.33. The molecule has 0 aromatic heterocycles. The van der Waals surface area contributed by atoms with E-state index in [1.807, 2.05) is 0 Å².